The van der Waals surface area contributed by atoms with Gasteiger partial charge >= 0.3 is 5.97 Å². The zero-order valence-electron chi connectivity index (χ0n) is 15.8. The normalized spacial score (nSPS) is 11.7. The van der Waals surface area contributed by atoms with E-state index in [4.69, 9.17) is 14.9 Å². The van der Waals surface area contributed by atoms with E-state index in [9.17, 15) is 14.0 Å². The Morgan fingerprint density at radius 2 is 2.03 bits per heavy atom. The van der Waals surface area contributed by atoms with Gasteiger partial charge in [0.15, 0.2) is 11.4 Å². The van der Waals surface area contributed by atoms with Gasteiger partial charge in [-0.05, 0) is 38.1 Å². The number of nitrogens with zero attached hydrogens (tertiary/aromatic N) is 2. The number of benzene rings is 1. The lowest BCUT2D eigenvalue weighted by atomic mass is 10.1. The van der Waals surface area contributed by atoms with Crippen LogP contribution in [0.25, 0.3) is 16.5 Å². The number of halogens is 1. The smallest absolute Gasteiger partial charge is 0.342 e. The molecule has 0 aliphatic rings. The van der Waals surface area contributed by atoms with Crippen molar-refractivity contribution in [3.05, 3.63) is 65.8 Å². The van der Waals surface area contributed by atoms with Gasteiger partial charge in [0.1, 0.15) is 17.1 Å². The first-order valence-corrected chi connectivity index (χ1v) is 8.80. The molecule has 3 aromatic rings. The first-order chi connectivity index (χ1) is 13.9. The number of amides is 1. The summed E-state index contributed by atoms with van der Waals surface area (Å²) >= 11 is 0. The Morgan fingerprint density at radius 3 is 2.69 bits per heavy atom. The van der Waals surface area contributed by atoms with Crippen LogP contribution in [0, 0.1) is 5.82 Å². The third kappa shape index (κ3) is 4.40. The van der Waals surface area contributed by atoms with Crippen molar-refractivity contribution in [1.82, 2.24) is 15.3 Å². The highest BCUT2D eigenvalue weighted by Gasteiger charge is 2.20. The van der Waals surface area contributed by atoms with Crippen LogP contribution in [0.3, 0.4) is 0 Å². The first kappa shape index (κ1) is 20.0. The van der Waals surface area contributed by atoms with E-state index in [1.165, 1.54) is 30.6 Å². The van der Waals surface area contributed by atoms with Crippen LogP contribution in [-0.2, 0) is 16.1 Å². The fraction of sp³-hybridized carbons (Fsp3) is 0.200. The number of carbonyl (C=O) groups is 2. The Balaban J connectivity index is 1.81. The van der Waals surface area contributed by atoms with Crippen LogP contribution in [-0.4, -0.2) is 27.9 Å². The Kier molecular flexibility index (Phi) is 5.87. The minimum absolute atomic E-state index is 0.0564. The average molecular weight is 398 g/mol. The molecule has 8 nitrogen and oxygen atoms in total. The number of nitrogens with two attached hydrogens (primary N) is 1. The summed E-state index contributed by atoms with van der Waals surface area (Å²) in [6, 6.07) is 5.50. The third-order valence-corrected chi connectivity index (χ3v) is 3.89. The van der Waals surface area contributed by atoms with Crippen LogP contribution in [0.5, 0.6) is 0 Å². The average Bonchev–Trinajstić information content (AvgIpc) is 3.12. The number of hydrogen-bond donors (Lipinski definition) is 2. The Labute approximate surface area is 165 Å². The van der Waals surface area contributed by atoms with Gasteiger partial charge < -0.3 is 20.2 Å². The lowest BCUT2D eigenvalue weighted by Crippen LogP contribution is -2.25. The predicted molar refractivity (Wildman–Crippen MR) is 103 cm³/mol. The maximum Gasteiger partial charge on any atom is 0.342 e. The molecule has 0 bridgehead atoms. The lowest BCUT2D eigenvalue weighted by molar-refractivity contribution is -0.115. The quantitative estimate of drug-likeness (QED) is 0.483. The summed E-state index contributed by atoms with van der Waals surface area (Å²) in [6.07, 6.45) is 3.74. The zero-order chi connectivity index (χ0) is 21.0. The predicted octanol–water partition coefficient (Wildman–Crippen LogP) is 2.54. The molecule has 0 aliphatic heterocycles. The van der Waals surface area contributed by atoms with Gasteiger partial charge in [-0.2, -0.15) is 0 Å². The van der Waals surface area contributed by atoms with Crippen molar-refractivity contribution in [2.75, 3.05) is 0 Å². The van der Waals surface area contributed by atoms with Gasteiger partial charge in [0.2, 0.25) is 0 Å². The highest BCUT2D eigenvalue weighted by molar-refractivity contribution is 6.18. The van der Waals surface area contributed by atoms with Crippen molar-refractivity contribution >= 4 is 28.4 Å². The summed E-state index contributed by atoms with van der Waals surface area (Å²) in [5.74, 6) is -1.28. The van der Waals surface area contributed by atoms with Crippen molar-refractivity contribution in [3.63, 3.8) is 0 Å². The van der Waals surface area contributed by atoms with Crippen LogP contribution in [0.2, 0.25) is 0 Å². The standard InChI is InChI=1S/C20H19FN4O4/c1-11(2)28-20(27)13-4-5-16(21)14-8-12(29-17(13)14)10-25-19(26)15(9-22)18-23-6-3-7-24-18/h3-9,11H,10,22H2,1-2H3,(H,25,26)/b15-9+. The van der Waals surface area contributed by atoms with E-state index in [2.05, 4.69) is 15.3 Å². The van der Waals surface area contributed by atoms with E-state index in [1.807, 2.05) is 0 Å². The molecule has 0 unspecified atom stereocenters. The van der Waals surface area contributed by atoms with Crippen molar-refractivity contribution in [3.8, 4) is 0 Å². The number of ether oxygens (including phenoxy) is 1. The largest absolute Gasteiger partial charge is 0.459 e. The molecule has 0 saturated carbocycles. The number of nitrogens with one attached hydrogen (secondary N) is 1. The van der Waals surface area contributed by atoms with Crippen molar-refractivity contribution < 1.29 is 23.1 Å². The van der Waals surface area contributed by atoms with Crippen molar-refractivity contribution in [1.29, 1.82) is 0 Å². The molecule has 9 heteroatoms. The van der Waals surface area contributed by atoms with Crippen molar-refractivity contribution in [2.24, 2.45) is 5.73 Å². The van der Waals surface area contributed by atoms with E-state index < -0.39 is 17.7 Å². The maximum absolute atomic E-state index is 14.2. The zero-order valence-corrected chi connectivity index (χ0v) is 15.8. The molecule has 0 saturated heterocycles. The van der Waals surface area contributed by atoms with Gasteiger partial charge in [0.05, 0.1) is 23.6 Å². The second kappa shape index (κ2) is 8.51. The molecule has 0 atom stereocenters. The van der Waals surface area contributed by atoms with Gasteiger partial charge in [-0.15, -0.1) is 0 Å². The van der Waals surface area contributed by atoms with E-state index in [0.717, 1.165) is 6.20 Å². The number of fused-ring (bicyclic) bond motifs is 1. The van der Waals surface area contributed by atoms with Gasteiger partial charge in [0, 0.05) is 18.6 Å². The Hall–Kier alpha value is -3.75. The molecular weight excluding hydrogens is 379 g/mol. The summed E-state index contributed by atoms with van der Waals surface area (Å²) in [5, 5.41) is 2.73. The molecule has 1 amide bonds. The number of hydrogen-bond acceptors (Lipinski definition) is 7. The molecule has 1 aromatic carbocycles. The van der Waals surface area contributed by atoms with Crippen LogP contribution < -0.4 is 11.1 Å². The minimum atomic E-state index is -0.621. The monoisotopic (exact) mass is 398 g/mol. The van der Waals surface area contributed by atoms with Gasteiger partial charge in [0.25, 0.3) is 5.91 Å². The highest BCUT2D eigenvalue weighted by atomic mass is 19.1. The van der Waals surface area contributed by atoms with Crippen molar-refractivity contribution in [2.45, 2.75) is 26.5 Å². The van der Waals surface area contributed by atoms with Gasteiger partial charge in [-0.3, -0.25) is 4.79 Å². The summed E-state index contributed by atoms with van der Waals surface area (Å²) in [7, 11) is 0. The number of aromatic nitrogens is 2. The van der Waals surface area contributed by atoms with Crippen LogP contribution >= 0.6 is 0 Å². The molecule has 3 N–H and O–H groups in total. The SMILES string of the molecule is CC(C)OC(=O)c1ccc(F)c2cc(CNC(=O)/C(=C/N)c3ncccn3)oc12. The van der Waals surface area contributed by atoms with Gasteiger partial charge in [-0.1, -0.05) is 0 Å². The summed E-state index contributed by atoms with van der Waals surface area (Å²) in [5.41, 5.74) is 5.76. The molecule has 29 heavy (non-hydrogen) atoms. The maximum atomic E-state index is 14.2. The van der Waals surface area contributed by atoms with Crippen LogP contribution in [0.15, 0.2) is 47.3 Å². The second-order valence-corrected chi connectivity index (χ2v) is 6.34. The topological polar surface area (TPSA) is 120 Å². The third-order valence-electron chi connectivity index (χ3n) is 3.89. The van der Waals surface area contributed by atoms with E-state index in [0.29, 0.717) is 0 Å². The fourth-order valence-corrected chi connectivity index (χ4v) is 2.62. The number of carbonyl (C=O) groups excluding carboxylic acids is 2. The summed E-state index contributed by atoms with van der Waals surface area (Å²) < 4.78 is 24.9. The molecule has 2 heterocycles. The van der Waals surface area contributed by atoms with E-state index in [1.54, 1.807) is 19.9 Å². The number of furan rings is 1. The summed E-state index contributed by atoms with van der Waals surface area (Å²) in [6.45, 7) is 3.36. The number of rotatable bonds is 6. The fourth-order valence-electron chi connectivity index (χ4n) is 2.62. The molecule has 2 aromatic heterocycles. The molecule has 0 spiro atoms. The van der Waals surface area contributed by atoms with Crippen LogP contribution in [0.4, 0.5) is 4.39 Å². The second-order valence-electron chi connectivity index (χ2n) is 6.34. The molecule has 0 fully saturated rings. The molecule has 0 radical (unpaired) electrons. The first-order valence-electron chi connectivity index (χ1n) is 8.80. The summed E-state index contributed by atoms with van der Waals surface area (Å²) in [4.78, 5) is 32.6. The molecule has 0 aliphatic carbocycles. The molecule has 3 rings (SSSR count). The Morgan fingerprint density at radius 1 is 1.31 bits per heavy atom. The van der Waals surface area contributed by atoms with E-state index in [-0.39, 0.29) is 46.3 Å². The minimum Gasteiger partial charge on any atom is -0.459 e. The van der Waals surface area contributed by atoms with E-state index >= 15 is 0 Å². The highest BCUT2D eigenvalue weighted by Crippen LogP contribution is 2.27. The van der Waals surface area contributed by atoms with Crippen LogP contribution in [0.1, 0.15) is 35.8 Å². The molecule has 150 valence electrons. The lowest BCUT2D eigenvalue weighted by Gasteiger charge is -2.08. The van der Waals surface area contributed by atoms with Gasteiger partial charge in [-0.25, -0.2) is 19.2 Å². The molecular formula is C20H19FN4O4. The number of esters is 1. The Bertz CT molecular complexity index is 1080.